The molecule has 0 aromatic heterocycles. The molecule has 0 aromatic carbocycles. The maximum Gasteiger partial charge on any atom is 0.308 e. The topological polar surface area (TPSA) is 66.8 Å². The van der Waals surface area contributed by atoms with Crippen molar-refractivity contribution >= 4 is 5.97 Å². The molecule has 4 heteroatoms. The zero-order valence-electron chi connectivity index (χ0n) is 7.49. The molecule has 0 spiro atoms. The molecule has 0 aliphatic heterocycles. The van der Waals surface area contributed by atoms with Gasteiger partial charge in [-0.05, 0) is 13.8 Å². The molecule has 2 atom stereocenters. The summed E-state index contributed by atoms with van der Waals surface area (Å²) in [6.45, 7) is 3.36. The molecule has 12 heavy (non-hydrogen) atoms. The third kappa shape index (κ3) is 7.50. The maximum absolute atomic E-state index is 10.8. The Morgan fingerprint density at radius 3 is 2.33 bits per heavy atom. The molecule has 0 heterocycles. The predicted molar refractivity (Wildman–Crippen MR) is 43.6 cm³/mol. The third-order valence-corrected chi connectivity index (χ3v) is 1.26. The van der Waals surface area contributed by atoms with Crippen molar-refractivity contribution in [3.63, 3.8) is 0 Å². The molecule has 0 saturated carbocycles. The van der Waals surface area contributed by atoms with E-state index >= 15 is 0 Å². The number of esters is 1. The number of ether oxygens (including phenoxy) is 1. The van der Waals surface area contributed by atoms with Crippen LogP contribution in [0, 0.1) is 0 Å². The highest BCUT2D eigenvalue weighted by atomic mass is 16.5. The normalized spacial score (nSPS) is 15.3. The van der Waals surface area contributed by atoms with Gasteiger partial charge in [-0.15, -0.1) is 0 Å². The summed E-state index contributed by atoms with van der Waals surface area (Å²) < 4.78 is 4.70. The molecular formula is C8H16O4. The monoisotopic (exact) mass is 176 g/mol. The molecule has 0 rings (SSSR count). The Labute approximate surface area is 72.2 Å². The highest BCUT2D eigenvalue weighted by molar-refractivity contribution is 5.69. The van der Waals surface area contributed by atoms with E-state index in [2.05, 4.69) is 0 Å². The first-order chi connectivity index (χ1) is 5.52. The fourth-order valence-electron chi connectivity index (χ4n) is 0.643. The van der Waals surface area contributed by atoms with Crippen molar-refractivity contribution in [1.82, 2.24) is 0 Å². The summed E-state index contributed by atoms with van der Waals surface area (Å²) in [5.74, 6) is -0.425. The summed E-state index contributed by atoms with van der Waals surface area (Å²) in [7, 11) is 0. The molecule has 2 N–H and O–H groups in total. The minimum Gasteiger partial charge on any atom is -0.466 e. The van der Waals surface area contributed by atoms with Crippen molar-refractivity contribution in [3.8, 4) is 0 Å². The minimum atomic E-state index is -0.663. The van der Waals surface area contributed by atoms with Crippen molar-refractivity contribution in [2.24, 2.45) is 0 Å². The number of carbonyl (C=O) groups excluding carboxylic acids is 1. The average molecular weight is 176 g/mol. The van der Waals surface area contributed by atoms with Crippen LogP contribution in [0.25, 0.3) is 0 Å². The molecule has 0 saturated heterocycles. The van der Waals surface area contributed by atoms with Gasteiger partial charge in [0.15, 0.2) is 0 Å². The van der Waals surface area contributed by atoms with Gasteiger partial charge < -0.3 is 14.9 Å². The maximum atomic E-state index is 10.8. The van der Waals surface area contributed by atoms with Gasteiger partial charge in [0.05, 0.1) is 25.2 Å². The van der Waals surface area contributed by atoms with Crippen LogP contribution in [0.3, 0.4) is 0 Å². The number of hydrogen-bond donors (Lipinski definition) is 2. The summed E-state index contributed by atoms with van der Waals surface area (Å²) in [4.78, 5) is 10.8. The Kier molecular flexibility index (Phi) is 5.66. The quantitative estimate of drug-likeness (QED) is 0.582. The lowest BCUT2D eigenvalue weighted by Gasteiger charge is -2.06. The summed E-state index contributed by atoms with van der Waals surface area (Å²) in [6, 6.07) is 0. The SMILES string of the molecule is CC(O)CCOC(=O)C[C@@H](C)O. The van der Waals surface area contributed by atoms with E-state index in [1.54, 1.807) is 6.92 Å². The molecule has 4 nitrogen and oxygen atoms in total. The van der Waals surface area contributed by atoms with Gasteiger partial charge in [0.1, 0.15) is 0 Å². The lowest BCUT2D eigenvalue weighted by molar-refractivity contribution is -0.146. The molecule has 0 bridgehead atoms. The minimum absolute atomic E-state index is 0.0137. The van der Waals surface area contributed by atoms with Crippen molar-refractivity contribution in [2.45, 2.75) is 38.9 Å². The van der Waals surface area contributed by atoms with Crippen LogP contribution in [0.1, 0.15) is 26.7 Å². The van der Waals surface area contributed by atoms with E-state index < -0.39 is 18.2 Å². The average Bonchev–Trinajstić information content (AvgIpc) is 1.84. The second kappa shape index (κ2) is 5.97. The first kappa shape index (κ1) is 11.4. The van der Waals surface area contributed by atoms with Gasteiger partial charge >= 0.3 is 5.97 Å². The van der Waals surface area contributed by atoms with Crippen LogP contribution in [0.5, 0.6) is 0 Å². The van der Waals surface area contributed by atoms with Crippen molar-refractivity contribution in [3.05, 3.63) is 0 Å². The van der Waals surface area contributed by atoms with Crippen LogP contribution >= 0.6 is 0 Å². The van der Waals surface area contributed by atoms with E-state index in [1.807, 2.05) is 0 Å². The van der Waals surface area contributed by atoms with Crippen LogP contribution in [0.2, 0.25) is 0 Å². The largest absolute Gasteiger partial charge is 0.466 e. The number of aliphatic hydroxyl groups is 2. The first-order valence-corrected chi connectivity index (χ1v) is 4.04. The lowest BCUT2D eigenvalue weighted by Crippen LogP contribution is -2.15. The van der Waals surface area contributed by atoms with Gasteiger partial charge in [0, 0.05) is 6.42 Å². The molecule has 0 radical (unpaired) electrons. The molecular weight excluding hydrogens is 160 g/mol. The van der Waals surface area contributed by atoms with Crippen molar-refractivity contribution < 1.29 is 19.7 Å². The fraction of sp³-hybridized carbons (Fsp3) is 0.875. The van der Waals surface area contributed by atoms with Gasteiger partial charge in [0.2, 0.25) is 0 Å². The van der Waals surface area contributed by atoms with Crippen LogP contribution in [0.15, 0.2) is 0 Å². The van der Waals surface area contributed by atoms with E-state index in [1.165, 1.54) is 6.92 Å². The summed E-state index contributed by atoms with van der Waals surface area (Å²) in [5, 5.41) is 17.6. The van der Waals surface area contributed by atoms with Crippen LogP contribution in [0.4, 0.5) is 0 Å². The van der Waals surface area contributed by atoms with Gasteiger partial charge in [-0.3, -0.25) is 4.79 Å². The highest BCUT2D eigenvalue weighted by Gasteiger charge is 2.07. The van der Waals surface area contributed by atoms with E-state index in [0.717, 1.165) is 0 Å². The zero-order chi connectivity index (χ0) is 9.56. The lowest BCUT2D eigenvalue weighted by atomic mass is 10.3. The van der Waals surface area contributed by atoms with E-state index in [-0.39, 0.29) is 13.0 Å². The van der Waals surface area contributed by atoms with E-state index in [0.29, 0.717) is 6.42 Å². The Morgan fingerprint density at radius 1 is 1.33 bits per heavy atom. The molecule has 0 aliphatic rings. The molecule has 0 aliphatic carbocycles. The van der Waals surface area contributed by atoms with Crippen LogP contribution < -0.4 is 0 Å². The summed E-state index contributed by atoms with van der Waals surface area (Å²) in [6.07, 6.45) is -0.667. The van der Waals surface area contributed by atoms with Gasteiger partial charge in [0.25, 0.3) is 0 Å². The van der Waals surface area contributed by atoms with E-state index in [4.69, 9.17) is 14.9 Å². The molecule has 0 aromatic rings. The van der Waals surface area contributed by atoms with Crippen LogP contribution in [-0.2, 0) is 9.53 Å². The molecule has 1 unspecified atom stereocenters. The van der Waals surface area contributed by atoms with Crippen molar-refractivity contribution in [2.75, 3.05) is 6.61 Å². The fourth-order valence-corrected chi connectivity index (χ4v) is 0.643. The van der Waals surface area contributed by atoms with Crippen molar-refractivity contribution in [1.29, 1.82) is 0 Å². The molecule has 72 valence electrons. The summed E-state index contributed by atoms with van der Waals surface area (Å²) in [5.41, 5.74) is 0. The van der Waals surface area contributed by atoms with Gasteiger partial charge in [-0.25, -0.2) is 0 Å². The second-order valence-electron chi connectivity index (χ2n) is 2.91. The van der Waals surface area contributed by atoms with Gasteiger partial charge in [-0.2, -0.15) is 0 Å². The van der Waals surface area contributed by atoms with Crippen LogP contribution in [-0.4, -0.2) is 35.0 Å². The number of carbonyl (C=O) groups is 1. The number of aliphatic hydroxyl groups excluding tert-OH is 2. The molecule has 0 amide bonds. The molecule has 0 fully saturated rings. The van der Waals surface area contributed by atoms with Gasteiger partial charge in [-0.1, -0.05) is 0 Å². The Morgan fingerprint density at radius 2 is 1.92 bits per heavy atom. The predicted octanol–water partition coefficient (Wildman–Crippen LogP) is 0.0714. The second-order valence-corrected chi connectivity index (χ2v) is 2.91. The Balaban J connectivity index is 3.32. The third-order valence-electron chi connectivity index (χ3n) is 1.26. The smallest absolute Gasteiger partial charge is 0.308 e. The number of rotatable bonds is 5. The highest BCUT2D eigenvalue weighted by Crippen LogP contribution is 1.95. The zero-order valence-corrected chi connectivity index (χ0v) is 7.49. The first-order valence-electron chi connectivity index (χ1n) is 4.04. The van der Waals surface area contributed by atoms with E-state index in [9.17, 15) is 4.79 Å². The standard InChI is InChI=1S/C8H16O4/c1-6(9)3-4-12-8(11)5-7(2)10/h6-7,9-10H,3-5H2,1-2H3/t6?,7-/m1/s1. The Hall–Kier alpha value is -0.610. The summed E-state index contributed by atoms with van der Waals surface area (Å²) >= 11 is 0. The number of hydrogen-bond acceptors (Lipinski definition) is 4. The Bertz CT molecular complexity index is 131.